The molecule has 1 aromatic heterocycles. The first-order valence-electron chi connectivity index (χ1n) is 9.48. The molecule has 3 aromatic rings. The van der Waals surface area contributed by atoms with Gasteiger partial charge >= 0.3 is 0 Å². The predicted molar refractivity (Wildman–Crippen MR) is 109 cm³/mol. The van der Waals surface area contributed by atoms with Gasteiger partial charge in [-0.05, 0) is 61.2 Å². The average molecular weight is 409 g/mol. The Labute approximate surface area is 169 Å². The van der Waals surface area contributed by atoms with E-state index in [4.69, 9.17) is 5.26 Å². The fraction of sp³-hybridized carbons (Fsp3) is 0.273. The number of nitrogens with zero attached hydrogens (tertiary/aromatic N) is 3. The topological polar surface area (TPSA) is 74.1 Å². The molecule has 1 saturated heterocycles. The lowest BCUT2D eigenvalue weighted by Gasteiger charge is -2.34. The fourth-order valence-electron chi connectivity index (χ4n) is 3.72. The summed E-state index contributed by atoms with van der Waals surface area (Å²) in [6.45, 7) is 3.58. The summed E-state index contributed by atoms with van der Waals surface area (Å²) in [6.07, 6.45) is 3.24. The molecule has 0 radical (unpaired) electrons. The number of piperidine rings is 1. The van der Waals surface area contributed by atoms with Crippen LogP contribution in [0.2, 0.25) is 0 Å². The number of pyridine rings is 1. The van der Waals surface area contributed by atoms with E-state index in [0.717, 1.165) is 12.8 Å². The Kier molecular flexibility index (Phi) is 4.97. The zero-order chi connectivity index (χ0) is 20.6. The van der Waals surface area contributed by atoms with Crippen LogP contribution in [0.1, 0.15) is 25.3 Å². The lowest BCUT2D eigenvalue weighted by molar-refractivity contribution is 0.437. The van der Waals surface area contributed by atoms with Gasteiger partial charge in [-0.3, -0.25) is 4.98 Å². The second-order valence-corrected chi connectivity index (χ2v) is 9.36. The third kappa shape index (κ3) is 3.56. The maximum Gasteiger partial charge on any atom is 0.210 e. The van der Waals surface area contributed by atoms with Crippen molar-refractivity contribution in [2.75, 3.05) is 18.0 Å². The number of rotatable bonds is 3. The van der Waals surface area contributed by atoms with Gasteiger partial charge in [0.25, 0.3) is 0 Å². The second-order valence-electron chi connectivity index (χ2n) is 7.44. The van der Waals surface area contributed by atoms with Gasteiger partial charge in [0.2, 0.25) is 9.84 Å². The summed E-state index contributed by atoms with van der Waals surface area (Å²) in [4.78, 5) is 6.47. The lowest BCUT2D eigenvalue weighted by Crippen LogP contribution is -2.34. The van der Waals surface area contributed by atoms with Crippen molar-refractivity contribution in [1.29, 1.82) is 5.26 Å². The normalized spacial score (nSPS) is 15.4. The fourth-order valence-corrected chi connectivity index (χ4v) is 5.16. The molecule has 0 atom stereocenters. The molecular formula is C22H20FN3O2S. The molecule has 0 bridgehead atoms. The molecular weight excluding hydrogens is 389 g/mol. The van der Waals surface area contributed by atoms with Gasteiger partial charge in [-0.2, -0.15) is 5.26 Å². The van der Waals surface area contributed by atoms with Crippen molar-refractivity contribution >= 4 is 26.4 Å². The monoisotopic (exact) mass is 409 g/mol. The van der Waals surface area contributed by atoms with Crippen LogP contribution in [0, 0.1) is 23.1 Å². The van der Waals surface area contributed by atoms with E-state index in [1.54, 1.807) is 6.07 Å². The maximum atomic E-state index is 14.1. The van der Waals surface area contributed by atoms with Crippen LogP contribution in [0.4, 0.5) is 10.1 Å². The summed E-state index contributed by atoms with van der Waals surface area (Å²) in [5.41, 5.74) is 1.44. The van der Waals surface area contributed by atoms with Gasteiger partial charge in [0, 0.05) is 24.7 Å². The van der Waals surface area contributed by atoms with E-state index in [1.807, 2.05) is 11.0 Å². The molecule has 0 amide bonds. The van der Waals surface area contributed by atoms with E-state index in [1.165, 1.54) is 42.6 Å². The first-order valence-corrected chi connectivity index (χ1v) is 11.0. The van der Waals surface area contributed by atoms with E-state index in [2.05, 4.69) is 11.9 Å². The first-order chi connectivity index (χ1) is 13.9. The minimum Gasteiger partial charge on any atom is -0.370 e. The minimum atomic E-state index is -3.90. The minimum absolute atomic E-state index is 0.0647. The van der Waals surface area contributed by atoms with Crippen molar-refractivity contribution in [2.24, 2.45) is 5.92 Å². The molecule has 0 N–H and O–H groups in total. The molecule has 2 aromatic carbocycles. The van der Waals surface area contributed by atoms with Crippen molar-refractivity contribution in [1.82, 2.24) is 4.98 Å². The van der Waals surface area contributed by atoms with Crippen molar-refractivity contribution in [2.45, 2.75) is 29.6 Å². The largest absolute Gasteiger partial charge is 0.370 e. The molecule has 148 valence electrons. The van der Waals surface area contributed by atoms with Crippen LogP contribution < -0.4 is 4.90 Å². The molecule has 29 heavy (non-hydrogen) atoms. The molecule has 0 saturated carbocycles. The Morgan fingerprint density at radius 2 is 1.83 bits per heavy atom. The highest BCUT2D eigenvalue weighted by Crippen LogP contribution is 2.37. The number of aromatic nitrogens is 1. The Hall–Kier alpha value is -2.98. The number of benzene rings is 2. The Morgan fingerprint density at radius 1 is 1.14 bits per heavy atom. The van der Waals surface area contributed by atoms with Gasteiger partial charge in [-0.1, -0.05) is 6.92 Å². The number of hydrogen-bond acceptors (Lipinski definition) is 5. The molecule has 2 heterocycles. The molecule has 5 nitrogen and oxygen atoms in total. The summed E-state index contributed by atoms with van der Waals surface area (Å²) in [5.74, 6) is 0.133. The number of nitriles is 1. The summed E-state index contributed by atoms with van der Waals surface area (Å²) in [5, 5.41) is 9.47. The summed E-state index contributed by atoms with van der Waals surface area (Å²) < 4.78 is 40.9. The molecule has 1 aliphatic heterocycles. The average Bonchev–Trinajstić information content (AvgIpc) is 2.73. The zero-order valence-electron chi connectivity index (χ0n) is 16.0. The number of hydrogen-bond donors (Lipinski definition) is 0. The van der Waals surface area contributed by atoms with Crippen molar-refractivity contribution in [3.63, 3.8) is 0 Å². The van der Waals surface area contributed by atoms with Gasteiger partial charge in [0.05, 0.1) is 27.7 Å². The summed E-state index contributed by atoms with van der Waals surface area (Å²) >= 11 is 0. The van der Waals surface area contributed by atoms with Crippen LogP contribution >= 0.6 is 0 Å². The number of anilines is 1. The van der Waals surface area contributed by atoms with Crippen LogP contribution in [0.5, 0.6) is 0 Å². The van der Waals surface area contributed by atoms with Crippen molar-refractivity contribution in [3.05, 3.63) is 60.0 Å². The standard InChI is InChI=1S/C22H20FN3O2S/c1-15-8-10-26(11-9-15)22-19-12-17(23)4-7-20(19)25-14-21(22)29(27,28)18-5-2-16(13-24)3-6-18/h2-7,12,14-15H,8-11H2,1H3. The van der Waals surface area contributed by atoms with Gasteiger partial charge in [0.1, 0.15) is 10.7 Å². The number of sulfone groups is 1. The summed E-state index contributed by atoms with van der Waals surface area (Å²) in [6, 6.07) is 12.0. The summed E-state index contributed by atoms with van der Waals surface area (Å²) in [7, 11) is -3.90. The highest BCUT2D eigenvalue weighted by molar-refractivity contribution is 7.91. The Morgan fingerprint density at radius 3 is 2.48 bits per heavy atom. The number of halogens is 1. The quantitative estimate of drug-likeness (QED) is 0.644. The third-order valence-electron chi connectivity index (χ3n) is 5.45. The molecule has 1 fully saturated rings. The molecule has 0 aliphatic carbocycles. The van der Waals surface area contributed by atoms with Crippen LogP contribution in [0.15, 0.2) is 58.5 Å². The van der Waals surface area contributed by atoms with E-state index in [0.29, 0.717) is 41.2 Å². The van der Waals surface area contributed by atoms with Crippen LogP contribution in [0.25, 0.3) is 10.9 Å². The predicted octanol–water partition coefficient (Wildman–Crippen LogP) is 4.31. The zero-order valence-corrected chi connectivity index (χ0v) is 16.8. The van der Waals surface area contributed by atoms with Crippen LogP contribution in [-0.4, -0.2) is 26.5 Å². The molecule has 0 spiro atoms. The molecule has 0 unspecified atom stereocenters. The van der Waals surface area contributed by atoms with E-state index in [9.17, 15) is 12.8 Å². The van der Waals surface area contributed by atoms with Gasteiger partial charge in [0.15, 0.2) is 0 Å². The highest BCUT2D eigenvalue weighted by Gasteiger charge is 2.28. The van der Waals surface area contributed by atoms with E-state index < -0.39 is 15.7 Å². The molecule has 7 heteroatoms. The van der Waals surface area contributed by atoms with Crippen LogP contribution in [0.3, 0.4) is 0 Å². The van der Waals surface area contributed by atoms with Gasteiger partial charge in [-0.25, -0.2) is 12.8 Å². The van der Waals surface area contributed by atoms with Crippen molar-refractivity contribution in [3.8, 4) is 6.07 Å². The molecule has 1 aliphatic rings. The Bertz CT molecular complexity index is 1210. The van der Waals surface area contributed by atoms with Crippen molar-refractivity contribution < 1.29 is 12.8 Å². The van der Waals surface area contributed by atoms with E-state index in [-0.39, 0.29) is 9.79 Å². The Balaban J connectivity index is 1.93. The highest BCUT2D eigenvalue weighted by atomic mass is 32.2. The third-order valence-corrected chi connectivity index (χ3v) is 7.22. The second kappa shape index (κ2) is 7.45. The maximum absolute atomic E-state index is 14.1. The SMILES string of the molecule is CC1CCN(c2c(S(=O)(=O)c3ccc(C#N)cc3)cnc3ccc(F)cc23)CC1. The van der Waals surface area contributed by atoms with Crippen LogP contribution in [-0.2, 0) is 9.84 Å². The molecule has 4 rings (SSSR count). The van der Waals surface area contributed by atoms with Gasteiger partial charge in [-0.15, -0.1) is 0 Å². The number of fused-ring (bicyclic) bond motifs is 1. The van der Waals surface area contributed by atoms with E-state index >= 15 is 0 Å². The van der Waals surface area contributed by atoms with Gasteiger partial charge < -0.3 is 4.90 Å². The smallest absolute Gasteiger partial charge is 0.210 e. The lowest BCUT2D eigenvalue weighted by atomic mass is 9.98. The first kappa shape index (κ1) is 19.3.